The fourth-order valence-electron chi connectivity index (χ4n) is 9.14. The van der Waals surface area contributed by atoms with Crippen molar-refractivity contribution in [3.63, 3.8) is 0 Å². The molecule has 4 heterocycles. The van der Waals surface area contributed by atoms with E-state index in [0.717, 1.165) is 0 Å². The van der Waals surface area contributed by atoms with E-state index in [9.17, 15) is 0 Å². The molecule has 0 saturated heterocycles. The summed E-state index contributed by atoms with van der Waals surface area (Å²) < 4.78 is 5.28. The minimum absolute atomic E-state index is 0.0738. The monoisotopic (exact) mass is 540 g/mol. The zero-order chi connectivity index (χ0) is 27.6. The summed E-state index contributed by atoms with van der Waals surface area (Å²) in [5.74, 6) is 0. The second-order valence-corrected chi connectivity index (χ2v) is 12.4. The largest absolute Gasteiger partial charge is 0.375 e. The Bertz CT molecular complexity index is 2890. The average molecular weight is 540 g/mol. The highest BCUT2D eigenvalue weighted by Gasteiger charge is 2.42. The van der Waals surface area contributed by atoms with Crippen molar-refractivity contribution < 1.29 is 0 Å². The van der Waals surface area contributed by atoms with E-state index in [0.29, 0.717) is 0 Å². The van der Waals surface area contributed by atoms with Gasteiger partial charge >= 0.3 is 6.85 Å². The van der Waals surface area contributed by atoms with Gasteiger partial charge in [-0.25, -0.2) is 0 Å². The lowest BCUT2D eigenvalue weighted by molar-refractivity contribution is 1.19. The fourth-order valence-corrected chi connectivity index (χ4v) is 9.14. The molecule has 43 heavy (non-hydrogen) atoms. The van der Waals surface area contributed by atoms with E-state index in [-0.39, 0.29) is 6.85 Å². The number of hydrogen-bond acceptors (Lipinski definition) is 0. The maximum Gasteiger partial charge on any atom is 0.333 e. The Labute approximate surface area is 246 Å². The maximum atomic E-state index is 2.67. The molecule has 0 spiro atoms. The summed E-state index contributed by atoms with van der Waals surface area (Å²) in [7, 11) is 0. The number of benzene rings is 8. The normalized spacial score (nSPS) is 13.5. The third-order valence-corrected chi connectivity index (χ3v) is 10.6. The number of fused-ring (bicyclic) bond motifs is 12. The molecule has 0 aliphatic carbocycles. The first kappa shape index (κ1) is 21.2. The quantitative estimate of drug-likeness (QED) is 0.135. The van der Waals surface area contributed by atoms with Crippen LogP contribution >= 0.6 is 0 Å². The second-order valence-electron chi connectivity index (χ2n) is 12.4. The molecule has 0 amide bonds. The van der Waals surface area contributed by atoms with Crippen molar-refractivity contribution in [1.29, 1.82) is 0 Å². The van der Waals surface area contributed by atoms with Crippen LogP contribution in [-0.4, -0.2) is 15.9 Å². The first-order valence-electron chi connectivity index (χ1n) is 15.2. The average Bonchev–Trinajstić information content (AvgIpc) is 3.58. The van der Waals surface area contributed by atoms with Crippen LogP contribution in [0.3, 0.4) is 0 Å². The summed E-state index contributed by atoms with van der Waals surface area (Å²) in [5.41, 5.74) is 12.2. The molecule has 0 atom stereocenters. The molecule has 10 aromatic rings. The SMILES string of the molecule is c1cc2ccc3c4c5c(c6ccc(c1)c2c36)-n1c2ccccc2c2cccc(c21)B5n1c2ccccc2c2cccc-4c21. The van der Waals surface area contributed by atoms with Gasteiger partial charge < -0.3 is 9.05 Å². The van der Waals surface area contributed by atoms with Gasteiger partial charge in [-0.05, 0) is 50.2 Å². The van der Waals surface area contributed by atoms with Crippen molar-refractivity contribution in [2.75, 3.05) is 0 Å². The fraction of sp³-hybridized carbons (Fsp3) is 0. The highest BCUT2D eigenvalue weighted by atomic mass is 15.0. The molecule has 2 nitrogen and oxygen atoms in total. The zero-order valence-electron chi connectivity index (χ0n) is 23.1. The van der Waals surface area contributed by atoms with Gasteiger partial charge in [0.2, 0.25) is 0 Å². The number of nitrogens with zero attached hydrogens (tertiary/aromatic N) is 2. The summed E-state index contributed by atoms with van der Waals surface area (Å²) in [6.07, 6.45) is 0. The standard InChI is InChI=1S/C40H21BN2/c1-3-16-32-24(10-1)27-13-7-15-31-39(27)42(32)40-30-21-19-23-9-5-8-22-18-20-28(35(30)34(22)23)36-29-14-6-12-26-25-11-2-4-17-33(25)43(38(26)29)41(31)37(36)40/h1-21H. The summed E-state index contributed by atoms with van der Waals surface area (Å²) >= 11 is 0. The molecule has 2 aliphatic rings. The lowest BCUT2D eigenvalue weighted by Gasteiger charge is -2.36. The Balaban J connectivity index is 1.47. The molecule has 12 rings (SSSR count). The number of rotatable bonds is 0. The van der Waals surface area contributed by atoms with Gasteiger partial charge in [0.1, 0.15) is 0 Å². The zero-order valence-corrected chi connectivity index (χ0v) is 23.1. The van der Waals surface area contributed by atoms with E-state index in [1.165, 1.54) is 104 Å². The molecular weight excluding hydrogens is 519 g/mol. The van der Waals surface area contributed by atoms with E-state index < -0.39 is 0 Å². The molecule has 0 unspecified atom stereocenters. The molecular formula is C40H21BN2. The summed E-state index contributed by atoms with van der Waals surface area (Å²) in [5, 5.41) is 13.4. The minimum Gasteiger partial charge on any atom is -0.375 e. The van der Waals surface area contributed by atoms with Gasteiger partial charge in [-0.3, -0.25) is 0 Å². The molecule has 3 heteroatoms. The lowest BCUT2D eigenvalue weighted by Crippen LogP contribution is -2.55. The van der Waals surface area contributed by atoms with Crippen molar-refractivity contribution in [2.45, 2.75) is 0 Å². The van der Waals surface area contributed by atoms with Crippen molar-refractivity contribution in [3.05, 3.63) is 127 Å². The predicted molar refractivity (Wildman–Crippen MR) is 183 cm³/mol. The van der Waals surface area contributed by atoms with Gasteiger partial charge in [0.15, 0.2) is 0 Å². The first-order valence-corrected chi connectivity index (χ1v) is 15.2. The number of aromatic nitrogens is 2. The van der Waals surface area contributed by atoms with Crippen molar-refractivity contribution in [2.24, 2.45) is 0 Å². The van der Waals surface area contributed by atoms with Gasteiger partial charge in [-0.2, -0.15) is 0 Å². The van der Waals surface area contributed by atoms with E-state index in [1.807, 2.05) is 0 Å². The van der Waals surface area contributed by atoms with E-state index in [4.69, 9.17) is 0 Å². The van der Waals surface area contributed by atoms with E-state index in [2.05, 4.69) is 136 Å². The summed E-state index contributed by atoms with van der Waals surface area (Å²) in [6, 6.07) is 48.1. The van der Waals surface area contributed by atoms with Crippen LogP contribution in [-0.2, 0) is 0 Å². The molecule has 2 aromatic heterocycles. The van der Waals surface area contributed by atoms with Crippen molar-refractivity contribution >= 4 is 93.7 Å². The van der Waals surface area contributed by atoms with Crippen LogP contribution in [0.5, 0.6) is 0 Å². The van der Waals surface area contributed by atoms with Crippen LogP contribution in [0.15, 0.2) is 127 Å². The molecule has 0 bridgehead atoms. The van der Waals surface area contributed by atoms with Crippen LogP contribution in [0.25, 0.3) is 92.7 Å². The van der Waals surface area contributed by atoms with Crippen LogP contribution in [0, 0.1) is 0 Å². The molecule has 8 aromatic carbocycles. The Hall–Kier alpha value is -5.54. The topological polar surface area (TPSA) is 9.86 Å². The summed E-state index contributed by atoms with van der Waals surface area (Å²) in [6.45, 7) is 0.0738. The Morgan fingerprint density at radius 3 is 1.93 bits per heavy atom. The maximum absolute atomic E-state index is 2.67. The lowest BCUT2D eigenvalue weighted by atomic mass is 9.45. The van der Waals surface area contributed by atoms with Gasteiger partial charge in [0.25, 0.3) is 0 Å². The van der Waals surface area contributed by atoms with Gasteiger partial charge in [-0.1, -0.05) is 115 Å². The Morgan fingerprint density at radius 1 is 0.442 bits per heavy atom. The molecule has 194 valence electrons. The third-order valence-electron chi connectivity index (χ3n) is 10.6. The second kappa shape index (κ2) is 6.91. The molecule has 0 N–H and O–H groups in total. The van der Waals surface area contributed by atoms with Crippen LogP contribution in [0.4, 0.5) is 0 Å². The van der Waals surface area contributed by atoms with Gasteiger partial charge in [0, 0.05) is 48.9 Å². The third kappa shape index (κ3) is 2.20. The molecule has 0 radical (unpaired) electrons. The smallest absolute Gasteiger partial charge is 0.333 e. The highest BCUT2D eigenvalue weighted by molar-refractivity contribution is 6.90. The van der Waals surface area contributed by atoms with Gasteiger partial charge in [-0.15, -0.1) is 0 Å². The summed E-state index contributed by atoms with van der Waals surface area (Å²) in [4.78, 5) is 0. The molecule has 0 fully saturated rings. The number of hydrogen-bond donors (Lipinski definition) is 0. The van der Waals surface area contributed by atoms with Crippen LogP contribution < -0.4 is 10.9 Å². The van der Waals surface area contributed by atoms with E-state index >= 15 is 0 Å². The Kier molecular flexibility index (Phi) is 3.41. The molecule has 0 saturated carbocycles. The first-order chi connectivity index (χ1) is 21.4. The Morgan fingerprint density at radius 2 is 1.09 bits per heavy atom. The number of para-hydroxylation sites is 4. The van der Waals surface area contributed by atoms with Crippen LogP contribution in [0.1, 0.15) is 0 Å². The van der Waals surface area contributed by atoms with Crippen molar-refractivity contribution in [1.82, 2.24) is 9.05 Å². The van der Waals surface area contributed by atoms with Crippen molar-refractivity contribution in [3.8, 4) is 16.8 Å². The highest BCUT2D eigenvalue weighted by Crippen LogP contribution is 2.48. The van der Waals surface area contributed by atoms with Gasteiger partial charge in [0.05, 0.1) is 16.7 Å². The molecule has 2 aliphatic heterocycles. The minimum atomic E-state index is 0.0738. The van der Waals surface area contributed by atoms with Crippen LogP contribution in [0.2, 0.25) is 0 Å². The van der Waals surface area contributed by atoms with E-state index in [1.54, 1.807) is 0 Å². The predicted octanol–water partition coefficient (Wildman–Crippen LogP) is 8.74.